The maximum absolute atomic E-state index is 13.3. The Morgan fingerprint density at radius 1 is 1.39 bits per heavy atom. The van der Waals surface area contributed by atoms with Crippen LogP contribution in [0.3, 0.4) is 0 Å². The fourth-order valence-electron chi connectivity index (χ4n) is 3.13. The van der Waals surface area contributed by atoms with Crippen LogP contribution < -0.4 is 0 Å². The first-order valence-corrected chi connectivity index (χ1v) is 7.73. The van der Waals surface area contributed by atoms with Gasteiger partial charge in [0.25, 0.3) is 0 Å². The van der Waals surface area contributed by atoms with Crippen LogP contribution in [0.2, 0.25) is 0 Å². The highest BCUT2D eigenvalue weighted by Crippen LogP contribution is 2.31. The number of imidazole rings is 1. The lowest BCUT2D eigenvalue weighted by Crippen LogP contribution is -2.23. The van der Waals surface area contributed by atoms with Crippen molar-refractivity contribution in [3.63, 3.8) is 0 Å². The van der Waals surface area contributed by atoms with Crippen LogP contribution >= 0.6 is 0 Å². The van der Waals surface area contributed by atoms with Crippen molar-refractivity contribution in [2.75, 3.05) is 6.54 Å². The van der Waals surface area contributed by atoms with Crippen LogP contribution in [0.1, 0.15) is 30.4 Å². The number of aromatic nitrogens is 3. The standard InChI is InChI=1S/C17H17FN4O/c18-13-4-1-3-12(9-13)17-21-14(11-23-17)10-22-8-2-5-15(22)16-19-6-7-20-16/h1,3-4,6-7,9,11,15H,2,5,8,10H2,(H,19,20)/t15-/m0/s1. The first-order chi connectivity index (χ1) is 11.3. The molecule has 0 unspecified atom stereocenters. The summed E-state index contributed by atoms with van der Waals surface area (Å²) in [7, 11) is 0. The number of hydrogen-bond acceptors (Lipinski definition) is 4. The molecule has 0 spiro atoms. The maximum Gasteiger partial charge on any atom is 0.226 e. The summed E-state index contributed by atoms with van der Waals surface area (Å²) in [6.45, 7) is 1.71. The van der Waals surface area contributed by atoms with Crippen molar-refractivity contribution in [2.24, 2.45) is 0 Å². The molecule has 0 saturated carbocycles. The van der Waals surface area contributed by atoms with Crippen LogP contribution in [0.25, 0.3) is 11.5 Å². The fraction of sp³-hybridized carbons (Fsp3) is 0.294. The zero-order valence-electron chi connectivity index (χ0n) is 12.6. The van der Waals surface area contributed by atoms with Gasteiger partial charge in [-0.2, -0.15) is 0 Å². The van der Waals surface area contributed by atoms with Crippen LogP contribution in [0, 0.1) is 5.82 Å². The summed E-state index contributed by atoms with van der Waals surface area (Å²) in [4.78, 5) is 14.4. The topological polar surface area (TPSA) is 58.0 Å². The predicted molar refractivity (Wildman–Crippen MR) is 82.9 cm³/mol. The third kappa shape index (κ3) is 2.90. The quantitative estimate of drug-likeness (QED) is 0.800. The Morgan fingerprint density at radius 2 is 2.35 bits per heavy atom. The van der Waals surface area contributed by atoms with Crippen LogP contribution in [0.15, 0.2) is 47.3 Å². The Balaban J connectivity index is 1.51. The zero-order chi connectivity index (χ0) is 15.6. The van der Waals surface area contributed by atoms with Crippen molar-refractivity contribution in [1.82, 2.24) is 19.9 Å². The molecule has 0 amide bonds. The Morgan fingerprint density at radius 3 is 3.17 bits per heavy atom. The van der Waals surface area contributed by atoms with E-state index in [1.165, 1.54) is 12.1 Å². The zero-order valence-corrected chi connectivity index (χ0v) is 12.6. The van der Waals surface area contributed by atoms with E-state index in [4.69, 9.17) is 4.42 Å². The SMILES string of the molecule is Fc1cccc(-c2nc(CN3CCC[C@H]3c3ncc[nH]3)co2)c1. The largest absolute Gasteiger partial charge is 0.444 e. The molecule has 2 aromatic heterocycles. The predicted octanol–water partition coefficient (Wildman–Crippen LogP) is 3.54. The second-order valence-corrected chi connectivity index (χ2v) is 5.76. The van der Waals surface area contributed by atoms with Gasteiger partial charge in [0.15, 0.2) is 0 Å². The number of aromatic amines is 1. The highest BCUT2D eigenvalue weighted by Gasteiger charge is 2.28. The Bertz CT molecular complexity index is 784. The number of halogens is 1. The normalized spacial score (nSPS) is 18.6. The summed E-state index contributed by atoms with van der Waals surface area (Å²) in [5.74, 6) is 1.16. The number of nitrogens with one attached hydrogen (secondary N) is 1. The number of H-pyrrole nitrogens is 1. The second kappa shape index (κ2) is 5.96. The average Bonchev–Trinajstić information content (AvgIpc) is 3.29. The summed E-state index contributed by atoms with van der Waals surface area (Å²) < 4.78 is 18.8. The molecule has 1 N–H and O–H groups in total. The summed E-state index contributed by atoms with van der Waals surface area (Å²) >= 11 is 0. The molecular formula is C17H17FN4O. The number of nitrogens with zero attached hydrogens (tertiary/aromatic N) is 3. The van der Waals surface area contributed by atoms with Gasteiger partial charge in [0.1, 0.15) is 17.9 Å². The minimum absolute atomic E-state index is 0.291. The van der Waals surface area contributed by atoms with E-state index in [1.807, 2.05) is 6.20 Å². The Kier molecular flexibility index (Phi) is 3.67. The Labute approximate surface area is 133 Å². The molecule has 3 heterocycles. The summed E-state index contributed by atoms with van der Waals surface area (Å²) in [5.41, 5.74) is 1.50. The third-order valence-electron chi connectivity index (χ3n) is 4.19. The first kappa shape index (κ1) is 14.1. The van der Waals surface area contributed by atoms with Gasteiger partial charge in [0.2, 0.25) is 5.89 Å². The van der Waals surface area contributed by atoms with Gasteiger partial charge in [-0.05, 0) is 37.6 Å². The van der Waals surface area contributed by atoms with Crippen molar-refractivity contribution in [3.05, 3.63) is 60.3 Å². The van der Waals surface area contributed by atoms with Gasteiger partial charge in [-0.15, -0.1) is 0 Å². The molecule has 0 radical (unpaired) electrons. The molecule has 4 rings (SSSR count). The molecule has 0 bridgehead atoms. The molecular weight excluding hydrogens is 295 g/mol. The highest BCUT2D eigenvalue weighted by molar-refractivity contribution is 5.52. The first-order valence-electron chi connectivity index (χ1n) is 7.73. The smallest absolute Gasteiger partial charge is 0.226 e. The van der Waals surface area contributed by atoms with E-state index in [0.717, 1.165) is 30.9 Å². The molecule has 3 aromatic rings. The van der Waals surface area contributed by atoms with Crippen molar-refractivity contribution in [1.29, 1.82) is 0 Å². The summed E-state index contributed by atoms with van der Waals surface area (Å²) in [6.07, 6.45) is 7.51. The average molecular weight is 312 g/mol. The summed E-state index contributed by atoms with van der Waals surface area (Å²) in [6, 6.07) is 6.57. The van der Waals surface area contributed by atoms with Crippen molar-refractivity contribution in [2.45, 2.75) is 25.4 Å². The van der Waals surface area contributed by atoms with E-state index in [1.54, 1.807) is 24.6 Å². The monoisotopic (exact) mass is 312 g/mol. The molecule has 6 heteroatoms. The lowest BCUT2D eigenvalue weighted by atomic mass is 10.2. The van der Waals surface area contributed by atoms with Gasteiger partial charge in [-0.25, -0.2) is 14.4 Å². The molecule has 1 aromatic carbocycles. The molecule has 1 atom stereocenters. The second-order valence-electron chi connectivity index (χ2n) is 5.76. The number of hydrogen-bond donors (Lipinski definition) is 1. The van der Waals surface area contributed by atoms with E-state index in [-0.39, 0.29) is 5.82 Å². The lowest BCUT2D eigenvalue weighted by Gasteiger charge is -2.21. The van der Waals surface area contributed by atoms with Crippen molar-refractivity contribution < 1.29 is 8.81 Å². The lowest BCUT2D eigenvalue weighted by molar-refractivity contribution is 0.238. The van der Waals surface area contributed by atoms with Crippen LogP contribution in [-0.4, -0.2) is 26.4 Å². The van der Waals surface area contributed by atoms with Crippen LogP contribution in [-0.2, 0) is 6.54 Å². The van der Waals surface area contributed by atoms with Gasteiger partial charge >= 0.3 is 0 Å². The molecule has 1 saturated heterocycles. The molecule has 5 nitrogen and oxygen atoms in total. The van der Waals surface area contributed by atoms with Crippen LogP contribution in [0.4, 0.5) is 4.39 Å². The molecule has 1 aliphatic rings. The molecule has 118 valence electrons. The summed E-state index contributed by atoms with van der Waals surface area (Å²) in [5, 5.41) is 0. The van der Waals surface area contributed by atoms with Gasteiger partial charge in [-0.1, -0.05) is 6.07 Å². The van der Waals surface area contributed by atoms with Gasteiger partial charge in [0.05, 0.1) is 11.7 Å². The number of oxazole rings is 1. The van der Waals surface area contributed by atoms with Crippen molar-refractivity contribution in [3.8, 4) is 11.5 Å². The fourth-order valence-corrected chi connectivity index (χ4v) is 3.13. The number of rotatable bonds is 4. The van der Waals surface area contributed by atoms with Gasteiger partial charge < -0.3 is 9.40 Å². The Hall–Kier alpha value is -2.47. The highest BCUT2D eigenvalue weighted by atomic mass is 19.1. The molecule has 23 heavy (non-hydrogen) atoms. The van der Waals surface area contributed by atoms with Crippen LogP contribution in [0.5, 0.6) is 0 Å². The number of likely N-dealkylation sites (tertiary alicyclic amines) is 1. The van der Waals surface area contributed by atoms with Gasteiger partial charge in [0, 0.05) is 24.5 Å². The molecule has 1 aliphatic heterocycles. The number of benzene rings is 1. The molecule has 1 fully saturated rings. The maximum atomic E-state index is 13.3. The molecule has 0 aliphatic carbocycles. The van der Waals surface area contributed by atoms with E-state index in [2.05, 4.69) is 19.9 Å². The van der Waals surface area contributed by atoms with E-state index in [9.17, 15) is 4.39 Å². The van der Waals surface area contributed by atoms with Gasteiger partial charge in [-0.3, -0.25) is 4.90 Å². The van der Waals surface area contributed by atoms with Crippen molar-refractivity contribution >= 4 is 0 Å². The minimum atomic E-state index is -0.292. The third-order valence-corrected chi connectivity index (χ3v) is 4.19. The van der Waals surface area contributed by atoms with E-state index in [0.29, 0.717) is 24.0 Å². The van der Waals surface area contributed by atoms with E-state index < -0.39 is 0 Å². The van der Waals surface area contributed by atoms with E-state index >= 15 is 0 Å². The minimum Gasteiger partial charge on any atom is -0.444 e.